The molecule has 0 spiro atoms. The van der Waals surface area contributed by atoms with Gasteiger partial charge in [0.2, 0.25) is 10.0 Å². The van der Waals surface area contributed by atoms with Crippen molar-refractivity contribution in [3.05, 3.63) is 24.0 Å². The predicted octanol–water partition coefficient (Wildman–Crippen LogP) is 1.63. The molecule has 0 heterocycles. The smallest absolute Gasteiger partial charge is 0.243 e. The molecule has 0 amide bonds. The van der Waals surface area contributed by atoms with Crippen LogP contribution in [0.3, 0.4) is 0 Å². The second-order valence-corrected chi connectivity index (χ2v) is 6.36. The van der Waals surface area contributed by atoms with Crippen LogP contribution in [0.25, 0.3) is 0 Å². The van der Waals surface area contributed by atoms with Crippen molar-refractivity contribution in [1.82, 2.24) is 4.72 Å². The zero-order chi connectivity index (χ0) is 12.7. The van der Waals surface area contributed by atoms with E-state index in [0.29, 0.717) is 0 Å². The average Bonchev–Trinajstić information content (AvgIpc) is 2.13. The summed E-state index contributed by atoms with van der Waals surface area (Å²) in [6.45, 7) is 1.82. The van der Waals surface area contributed by atoms with Gasteiger partial charge in [-0.3, -0.25) is 0 Å². The Kier molecular flexibility index (Phi) is 2.87. The number of nitrogen functional groups attached to an aromatic ring is 1. The molecule has 0 atom stereocenters. The molecular formula is C11H15FN2O2S. The molecule has 94 valence electrons. The van der Waals surface area contributed by atoms with Gasteiger partial charge in [-0.05, 0) is 44.4 Å². The van der Waals surface area contributed by atoms with E-state index in [1.807, 2.05) is 6.92 Å². The molecule has 0 saturated heterocycles. The minimum atomic E-state index is -3.81. The van der Waals surface area contributed by atoms with E-state index >= 15 is 0 Å². The first-order valence-electron chi connectivity index (χ1n) is 5.41. The molecule has 3 N–H and O–H groups in total. The van der Waals surface area contributed by atoms with E-state index in [4.69, 9.17) is 5.73 Å². The van der Waals surface area contributed by atoms with E-state index in [1.54, 1.807) is 0 Å². The van der Waals surface area contributed by atoms with Gasteiger partial charge in [-0.2, -0.15) is 0 Å². The second kappa shape index (κ2) is 3.96. The number of hydrogen-bond acceptors (Lipinski definition) is 3. The third-order valence-corrected chi connectivity index (χ3v) is 4.75. The molecule has 4 nitrogen and oxygen atoms in total. The number of benzene rings is 1. The maximum Gasteiger partial charge on any atom is 0.243 e. The van der Waals surface area contributed by atoms with Gasteiger partial charge >= 0.3 is 0 Å². The molecule has 1 aromatic carbocycles. The number of halogens is 1. The van der Waals surface area contributed by atoms with Crippen molar-refractivity contribution in [3.8, 4) is 0 Å². The Balaban J connectivity index is 2.31. The molecule has 0 radical (unpaired) electrons. The van der Waals surface area contributed by atoms with Gasteiger partial charge < -0.3 is 5.73 Å². The van der Waals surface area contributed by atoms with Crippen LogP contribution in [-0.2, 0) is 10.0 Å². The molecule has 1 aromatic rings. The molecule has 0 aliphatic heterocycles. The van der Waals surface area contributed by atoms with E-state index in [1.165, 1.54) is 12.1 Å². The Morgan fingerprint density at radius 2 is 2.06 bits per heavy atom. The fourth-order valence-corrected chi connectivity index (χ4v) is 3.45. The van der Waals surface area contributed by atoms with Crippen LogP contribution >= 0.6 is 0 Å². The highest BCUT2D eigenvalue weighted by Gasteiger charge is 2.36. The van der Waals surface area contributed by atoms with Crippen molar-refractivity contribution in [2.24, 2.45) is 0 Å². The average molecular weight is 258 g/mol. The Labute approximate surface area is 100 Å². The topological polar surface area (TPSA) is 72.2 Å². The van der Waals surface area contributed by atoms with E-state index in [0.717, 1.165) is 25.3 Å². The van der Waals surface area contributed by atoms with Crippen LogP contribution < -0.4 is 10.5 Å². The SMILES string of the molecule is CC1(NS(=O)(=O)c2ccc(N)cc2F)CCC1. The van der Waals surface area contributed by atoms with Gasteiger partial charge in [-0.25, -0.2) is 17.5 Å². The highest BCUT2D eigenvalue weighted by molar-refractivity contribution is 7.89. The number of nitrogens with two attached hydrogens (primary N) is 1. The van der Waals surface area contributed by atoms with Crippen LogP contribution in [0.5, 0.6) is 0 Å². The van der Waals surface area contributed by atoms with Gasteiger partial charge in [0.05, 0.1) is 0 Å². The lowest BCUT2D eigenvalue weighted by molar-refractivity contribution is 0.247. The number of rotatable bonds is 3. The molecular weight excluding hydrogens is 243 g/mol. The standard InChI is InChI=1S/C11H15FN2O2S/c1-11(5-2-6-11)14-17(15,16)10-4-3-8(13)7-9(10)12/h3-4,7,14H,2,5-6,13H2,1H3. The van der Waals surface area contributed by atoms with Crippen molar-refractivity contribution in [2.75, 3.05) is 5.73 Å². The van der Waals surface area contributed by atoms with Crippen molar-refractivity contribution in [2.45, 2.75) is 36.6 Å². The third-order valence-electron chi connectivity index (χ3n) is 3.08. The van der Waals surface area contributed by atoms with Crippen LogP contribution in [0, 0.1) is 5.82 Å². The maximum atomic E-state index is 13.5. The van der Waals surface area contributed by atoms with Crippen LogP contribution in [-0.4, -0.2) is 14.0 Å². The van der Waals surface area contributed by atoms with E-state index in [9.17, 15) is 12.8 Å². The Bertz CT molecular complexity index is 538. The molecule has 2 rings (SSSR count). The Morgan fingerprint density at radius 1 is 1.41 bits per heavy atom. The summed E-state index contributed by atoms with van der Waals surface area (Å²) < 4.78 is 40.0. The fraction of sp³-hybridized carbons (Fsp3) is 0.455. The van der Waals surface area contributed by atoms with Crippen LogP contribution in [0.15, 0.2) is 23.1 Å². The normalized spacial score (nSPS) is 18.7. The minimum Gasteiger partial charge on any atom is -0.399 e. The molecule has 6 heteroatoms. The van der Waals surface area contributed by atoms with Gasteiger partial charge in [0.25, 0.3) is 0 Å². The molecule has 0 unspecified atom stereocenters. The minimum absolute atomic E-state index is 0.205. The lowest BCUT2D eigenvalue weighted by Crippen LogP contribution is -2.50. The quantitative estimate of drug-likeness (QED) is 0.809. The highest BCUT2D eigenvalue weighted by Crippen LogP contribution is 2.33. The van der Waals surface area contributed by atoms with Crippen molar-refractivity contribution in [3.63, 3.8) is 0 Å². The molecule has 1 aliphatic rings. The third kappa shape index (κ3) is 2.42. The van der Waals surface area contributed by atoms with Crippen LogP contribution in [0.2, 0.25) is 0 Å². The number of anilines is 1. The summed E-state index contributed by atoms with van der Waals surface area (Å²) in [4.78, 5) is -0.347. The van der Waals surface area contributed by atoms with E-state index in [2.05, 4.69) is 4.72 Å². The Hall–Kier alpha value is -1.14. The largest absolute Gasteiger partial charge is 0.399 e. The maximum absolute atomic E-state index is 13.5. The van der Waals surface area contributed by atoms with E-state index in [-0.39, 0.29) is 10.6 Å². The number of hydrogen-bond donors (Lipinski definition) is 2. The molecule has 0 aromatic heterocycles. The number of sulfonamides is 1. The summed E-state index contributed by atoms with van der Waals surface area (Å²) in [5.74, 6) is -0.819. The summed E-state index contributed by atoms with van der Waals surface area (Å²) in [5, 5.41) is 0. The van der Waals surface area contributed by atoms with Crippen molar-refractivity contribution < 1.29 is 12.8 Å². The summed E-state index contributed by atoms with van der Waals surface area (Å²) in [7, 11) is -3.81. The monoisotopic (exact) mass is 258 g/mol. The first-order chi connectivity index (χ1) is 7.82. The summed E-state index contributed by atoms with van der Waals surface area (Å²) in [6.07, 6.45) is 2.55. The van der Waals surface area contributed by atoms with E-state index < -0.39 is 21.4 Å². The summed E-state index contributed by atoms with van der Waals surface area (Å²) in [5.41, 5.74) is 5.15. The first kappa shape index (κ1) is 12.3. The highest BCUT2D eigenvalue weighted by atomic mass is 32.2. The zero-order valence-corrected chi connectivity index (χ0v) is 10.3. The summed E-state index contributed by atoms with van der Waals surface area (Å²) in [6, 6.07) is 3.58. The Morgan fingerprint density at radius 3 is 2.53 bits per heavy atom. The molecule has 17 heavy (non-hydrogen) atoms. The van der Waals surface area contributed by atoms with Gasteiger partial charge in [0, 0.05) is 11.2 Å². The molecule has 1 fully saturated rings. The molecule has 1 aliphatic carbocycles. The molecule has 0 bridgehead atoms. The van der Waals surface area contributed by atoms with Crippen LogP contribution in [0.1, 0.15) is 26.2 Å². The first-order valence-corrected chi connectivity index (χ1v) is 6.90. The summed E-state index contributed by atoms with van der Waals surface area (Å²) >= 11 is 0. The van der Waals surface area contributed by atoms with Crippen LogP contribution in [0.4, 0.5) is 10.1 Å². The predicted molar refractivity (Wildman–Crippen MR) is 63.4 cm³/mol. The lowest BCUT2D eigenvalue weighted by Gasteiger charge is -2.38. The lowest BCUT2D eigenvalue weighted by atomic mass is 9.80. The fourth-order valence-electron chi connectivity index (χ4n) is 1.92. The second-order valence-electron chi connectivity index (χ2n) is 4.71. The number of nitrogens with one attached hydrogen (secondary N) is 1. The van der Waals surface area contributed by atoms with Gasteiger partial charge in [-0.15, -0.1) is 0 Å². The zero-order valence-electron chi connectivity index (χ0n) is 9.53. The van der Waals surface area contributed by atoms with Gasteiger partial charge in [0.1, 0.15) is 10.7 Å². The van der Waals surface area contributed by atoms with Gasteiger partial charge in [0.15, 0.2) is 0 Å². The van der Waals surface area contributed by atoms with Gasteiger partial charge in [-0.1, -0.05) is 0 Å². The van der Waals surface area contributed by atoms with Crippen molar-refractivity contribution in [1.29, 1.82) is 0 Å². The molecule has 1 saturated carbocycles. The van der Waals surface area contributed by atoms with Crippen molar-refractivity contribution >= 4 is 15.7 Å².